The summed E-state index contributed by atoms with van der Waals surface area (Å²) in [6.45, 7) is -2.97. The van der Waals surface area contributed by atoms with Crippen molar-refractivity contribution in [3.63, 3.8) is 0 Å². The highest BCUT2D eigenvalue weighted by Crippen LogP contribution is 2.22. The molecule has 1 aromatic carbocycles. The fourth-order valence-electron chi connectivity index (χ4n) is 1.37. The van der Waals surface area contributed by atoms with Crippen LogP contribution in [0.25, 0.3) is 5.69 Å². The molecule has 0 aliphatic rings. The lowest BCUT2D eigenvalue weighted by Gasteiger charge is -2.09. The molecule has 0 saturated heterocycles. The number of ether oxygens (including phenoxy) is 1. The summed E-state index contributed by atoms with van der Waals surface area (Å²) >= 11 is 4.86. The highest BCUT2D eigenvalue weighted by Gasteiger charge is 2.13. The van der Waals surface area contributed by atoms with Gasteiger partial charge >= 0.3 is 12.3 Å². The van der Waals surface area contributed by atoms with Crippen molar-refractivity contribution in [1.29, 1.82) is 0 Å². The first-order valence-corrected chi connectivity index (χ1v) is 4.94. The van der Waals surface area contributed by atoms with E-state index in [9.17, 15) is 13.6 Å². The number of rotatable bonds is 3. The molecular weight excluding hydrogens is 252 g/mol. The molecule has 1 heterocycles. The molecule has 2 rings (SSSR count). The Morgan fingerprint density at radius 1 is 1.29 bits per heavy atom. The molecule has 0 bridgehead atoms. The number of alkyl halides is 2. The number of para-hydroxylation sites is 2. The van der Waals surface area contributed by atoms with Crippen LogP contribution < -0.4 is 10.4 Å². The van der Waals surface area contributed by atoms with Gasteiger partial charge in [0.05, 0.1) is 5.69 Å². The van der Waals surface area contributed by atoms with Crippen molar-refractivity contribution < 1.29 is 13.5 Å². The average Bonchev–Trinajstić information content (AvgIpc) is 2.59. The van der Waals surface area contributed by atoms with Gasteiger partial charge in [0.1, 0.15) is 5.75 Å². The second-order valence-corrected chi connectivity index (χ2v) is 3.43. The molecule has 0 spiro atoms. The van der Waals surface area contributed by atoms with E-state index < -0.39 is 12.3 Å². The van der Waals surface area contributed by atoms with Crippen LogP contribution in [0.4, 0.5) is 8.78 Å². The number of benzene rings is 1. The fraction of sp³-hybridized carbons (Fsp3) is 0.111. The number of aromatic amines is 2. The van der Waals surface area contributed by atoms with Crippen LogP contribution in [0, 0.1) is 4.77 Å². The van der Waals surface area contributed by atoms with Crippen molar-refractivity contribution >= 4 is 12.2 Å². The van der Waals surface area contributed by atoms with Gasteiger partial charge in [-0.3, -0.25) is 5.10 Å². The van der Waals surface area contributed by atoms with Crippen LogP contribution in [0.5, 0.6) is 5.75 Å². The lowest BCUT2D eigenvalue weighted by molar-refractivity contribution is -0.0498. The number of hydrogen-bond donors (Lipinski definition) is 2. The molecule has 8 heteroatoms. The molecule has 2 aromatic rings. The Morgan fingerprint density at radius 3 is 2.59 bits per heavy atom. The molecule has 90 valence electrons. The zero-order valence-electron chi connectivity index (χ0n) is 8.31. The van der Waals surface area contributed by atoms with Crippen molar-refractivity contribution in [2.45, 2.75) is 6.61 Å². The molecule has 5 nitrogen and oxygen atoms in total. The summed E-state index contributed by atoms with van der Waals surface area (Å²) in [6, 6.07) is 5.89. The monoisotopic (exact) mass is 259 g/mol. The van der Waals surface area contributed by atoms with Gasteiger partial charge in [0, 0.05) is 0 Å². The lowest BCUT2D eigenvalue weighted by Crippen LogP contribution is -2.16. The van der Waals surface area contributed by atoms with Gasteiger partial charge in [0.25, 0.3) is 0 Å². The maximum Gasteiger partial charge on any atom is 0.387 e. The van der Waals surface area contributed by atoms with Crippen LogP contribution in [0.15, 0.2) is 29.1 Å². The van der Waals surface area contributed by atoms with Crippen LogP contribution in [0.3, 0.4) is 0 Å². The average molecular weight is 259 g/mol. The van der Waals surface area contributed by atoms with E-state index in [4.69, 9.17) is 12.2 Å². The van der Waals surface area contributed by atoms with Crippen LogP contribution in [-0.2, 0) is 0 Å². The standard InChI is InChI=1S/C9H7F2N3O2S/c10-7(11)16-6-4-2-1-3-5(6)14-8(15)12-13-9(14)17/h1-4,7H,(H,12,15)(H,13,17). The van der Waals surface area contributed by atoms with Crippen LogP contribution in [0.2, 0.25) is 0 Å². The summed E-state index contributed by atoms with van der Waals surface area (Å²) in [7, 11) is 0. The van der Waals surface area contributed by atoms with E-state index in [0.29, 0.717) is 0 Å². The van der Waals surface area contributed by atoms with Gasteiger partial charge in [-0.05, 0) is 24.4 Å². The molecule has 0 atom stereocenters. The van der Waals surface area contributed by atoms with Crippen LogP contribution in [-0.4, -0.2) is 21.4 Å². The highest BCUT2D eigenvalue weighted by atomic mass is 32.1. The molecule has 0 saturated carbocycles. The normalized spacial score (nSPS) is 10.8. The summed E-state index contributed by atoms with van der Waals surface area (Å²) in [5, 5.41) is 4.66. The zero-order chi connectivity index (χ0) is 12.4. The lowest BCUT2D eigenvalue weighted by atomic mass is 10.3. The van der Waals surface area contributed by atoms with Crippen molar-refractivity contribution in [3.05, 3.63) is 39.5 Å². The third kappa shape index (κ3) is 2.26. The Labute approximate surface area is 98.6 Å². The van der Waals surface area contributed by atoms with E-state index in [1.165, 1.54) is 18.2 Å². The first kappa shape index (κ1) is 11.5. The molecular formula is C9H7F2N3O2S. The number of aromatic nitrogens is 3. The Hall–Kier alpha value is -1.96. The second kappa shape index (κ2) is 4.50. The van der Waals surface area contributed by atoms with Crippen molar-refractivity contribution in [3.8, 4) is 11.4 Å². The SMILES string of the molecule is O=c1[nH][nH]c(=S)n1-c1ccccc1OC(F)F. The van der Waals surface area contributed by atoms with Gasteiger partial charge in [0.15, 0.2) is 0 Å². The predicted molar refractivity (Wildman–Crippen MR) is 58.2 cm³/mol. The molecule has 0 unspecified atom stereocenters. The van der Waals surface area contributed by atoms with Gasteiger partial charge in [-0.1, -0.05) is 12.1 Å². The molecule has 1 aromatic heterocycles. The first-order chi connectivity index (χ1) is 8.09. The Morgan fingerprint density at radius 2 is 2.00 bits per heavy atom. The minimum atomic E-state index is -2.97. The zero-order valence-corrected chi connectivity index (χ0v) is 9.13. The number of H-pyrrole nitrogens is 2. The van der Waals surface area contributed by atoms with E-state index >= 15 is 0 Å². The van der Waals surface area contributed by atoms with Gasteiger partial charge in [0.2, 0.25) is 4.77 Å². The van der Waals surface area contributed by atoms with Crippen molar-refractivity contribution in [2.75, 3.05) is 0 Å². The minimum absolute atomic E-state index is 0.0697. The maximum absolute atomic E-state index is 12.2. The van der Waals surface area contributed by atoms with Gasteiger partial charge in [-0.2, -0.15) is 8.78 Å². The predicted octanol–water partition coefficient (Wildman–Crippen LogP) is 1.82. The Balaban J connectivity index is 2.60. The fourth-order valence-corrected chi connectivity index (χ4v) is 1.60. The molecule has 2 N–H and O–H groups in total. The maximum atomic E-state index is 12.2. The summed E-state index contributed by atoms with van der Waals surface area (Å²) in [6.07, 6.45) is 0. The van der Waals surface area contributed by atoms with E-state index in [2.05, 4.69) is 14.9 Å². The molecule has 0 aliphatic carbocycles. The van der Waals surface area contributed by atoms with Crippen LogP contribution in [0.1, 0.15) is 0 Å². The van der Waals surface area contributed by atoms with Gasteiger partial charge in [-0.15, -0.1) is 0 Å². The van der Waals surface area contributed by atoms with E-state index in [1.54, 1.807) is 6.07 Å². The molecule has 0 fully saturated rings. The molecule has 0 amide bonds. The molecule has 0 aliphatic heterocycles. The number of nitrogens with one attached hydrogen (secondary N) is 2. The minimum Gasteiger partial charge on any atom is -0.433 e. The first-order valence-electron chi connectivity index (χ1n) is 4.53. The summed E-state index contributed by atoms with van der Waals surface area (Å²) in [5.41, 5.74) is -0.402. The number of nitrogens with zero attached hydrogens (tertiary/aromatic N) is 1. The molecule has 0 radical (unpaired) electrons. The summed E-state index contributed by atoms with van der Waals surface area (Å²) in [4.78, 5) is 11.4. The van der Waals surface area contributed by atoms with Gasteiger partial charge in [-0.25, -0.2) is 14.5 Å². The topological polar surface area (TPSA) is 62.8 Å². The number of hydrogen-bond acceptors (Lipinski definition) is 3. The smallest absolute Gasteiger partial charge is 0.387 e. The van der Waals surface area contributed by atoms with E-state index in [1.807, 2.05) is 0 Å². The van der Waals surface area contributed by atoms with Crippen molar-refractivity contribution in [1.82, 2.24) is 14.8 Å². The van der Waals surface area contributed by atoms with E-state index in [-0.39, 0.29) is 16.2 Å². The quantitative estimate of drug-likeness (QED) is 0.826. The summed E-state index contributed by atoms with van der Waals surface area (Å²) in [5.74, 6) is -0.122. The largest absolute Gasteiger partial charge is 0.433 e. The van der Waals surface area contributed by atoms with Crippen molar-refractivity contribution in [2.24, 2.45) is 0 Å². The van der Waals surface area contributed by atoms with Crippen LogP contribution >= 0.6 is 12.2 Å². The Bertz CT molecular complexity index is 604. The highest BCUT2D eigenvalue weighted by molar-refractivity contribution is 7.71. The third-order valence-electron chi connectivity index (χ3n) is 2.00. The van der Waals surface area contributed by atoms with Gasteiger partial charge < -0.3 is 4.74 Å². The Kier molecular flexibility index (Phi) is 3.05. The third-order valence-corrected chi connectivity index (χ3v) is 2.29. The number of halogens is 2. The van der Waals surface area contributed by atoms with E-state index in [0.717, 1.165) is 4.57 Å². The second-order valence-electron chi connectivity index (χ2n) is 3.04. The summed E-state index contributed by atoms with van der Waals surface area (Å²) < 4.78 is 29.8. The molecule has 17 heavy (non-hydrogen) atoms.